The fraction of sp³-hybridized carbons (Fsp3) is 0.464. The third kappa shape index (κ3) is 4.59. The fourth-order valence-corrected chi connectivity index (χ4v) is 6.58. The average Bonchev–Trinajstić information content (AvgIpc) is 3.47. The number of nitrogens with two attached hydrogens (primary N) is 2. The topological polar surface area (TPSA) is 194 Å². The number of aliphatic hydroxyl groups excluding tert-OH is 1. The SMILES string of the molecule is CCOc1ccc(C(=O)NC[C@@H]2N=C(N)N3CC(NC(=O)c4cccc5c4CCCC5)[C@@H](O)C34NC(N)=[NH+][C@@H]24)nc1. The molecule has 2 aromatic rings. The van der Waals surface area contributed by atoms with Crippen LogP contribution in [-0.2, 0) is 12.8 Å². The third-order valence-corrected chi connectivity index (χ3v) is 8.45. The highest BCUT2D eigenvalue weighted by Gasteiger charge is 2.68. The lowest BCUT2D eigenvalue weighted by Crippen LogP contribution is -2.88. The Kier molecular flexibility index (Phi) is 6.89. The fourth-order valence-electron chi connectivity index (χ4n) is 6.58. The minimum absolute atomic E-state index is 0.108. The number of fused-ring (bicyclic) bond motifs is 1. The summed E-state index contributed by atoms with van der Waals surface area (Å²) in [6.45, 7) is 2.70. The van der Waals surface area contributed by atoms with Crippen LogP contribution in [0.25, 0.3) is 0 Å². The van der Waals surface area contributed by atoms with Gasteiger partial charge >= 0.3 is 5.96 Å². The molecule has 216 valence electrons. The Bertz CT molecular complexity index is 1410. The molecule has 13 heteroatoms. The van der Waals surface area contributed by atoms with Gasteiger partial charge in [-0.3, -0.25) is 20.3 Å². The van der Waals surface area contributed by atoms with E-state index in [-0.39, 0.29) is 42.5 Å². The van der Waals surface area contributed by atoms with Gasteiger partial charge in [0.05, 0.1) is 18.8 Å². The number of nitrogens with one attached hydrogen (secondary N) is 4. The van der Waals surface area contributed by atoms with Crippen molar-refractivity contribution in [3.63, 3.8) is 0 Å². The number of hydrogen-bond acceptors (Lipinski definition) is 10. The zero-order valence-corrected chi connectivity index (χ0v) is 22.9. The molecule has 0 saturated carbocycles. The number of carbonyl (C=O) groups is 2. The summed E-state index contributed by atoms with van der Waals surface area (Å²) in [5, 5.41) is 20.8. The van der Waals surface area contributed by atoms with Crippen LogP contribution in [0.15, 0.2) is 41.5 Å². The number of ether oxygens (including phenoxy) is 1. The van der Waals surface area contributed by atoms with Crippen LogP contribution < -0.4 is 37.1 Å². The summed E-state index contributed by atoms with van der Waals surface area (Å²) in [5.41, 5.74) is 14.6. The van der Waals surface area contributed by atoms with Crippen molar-refractivity contribution in [2.24, 2.45) is 16.5 Å². The van der Waals surface area contributed by atoms with Gasteiger partial charge in [-0.1, -0.05) is 12.1 Å². The third-order valence-electron chi connectivity index (χ3n) is 8.45. The van der Waals surface area contributed by atoms with Crippen LogP contribution in [0.3, 0.4) is 0 Å². The molecule has 0 bridgehead atoms. The largest absolute Gasteiger partial charge is 0.492 e. The highest BCUT2D eigenvalue weighted by Crippen LogP contribution is 2.35. The average molecular weight is 563 g/mol. The van der Waals surface area contributed by atoms with Crippen molar-refractivity contribution in [2.45, 2.75) is 62.5 Å². The van der Waals surface area contributed by atoms with Gasteiger partial charge in [-0.2, -0.15) is 0 Å². The van der Waals surface area contributed by atoms with Gasteiger partial charge in [0.1, 0.15) is 23.6 Å². The number of rotatable bonds is 7. The molecule has 2 amide bonds. The van der Waals surface area contributed by atoms with Gasteiger partial charge in [-0.25, -0.2) is 15.3 Å². The van der Waals surface area contributed by atoms with Crippen LogP contribution in [0.4, 0.5) is 0 Å². The summed E-state index contributed by atoms with van der Waals surface area (Å²) in [6, 6.07) is 7.31. The number of pyridine rings is 1. The molecule has 4 heterocycles. The number of aliphatic hydroxyl groups is 1. The van der Waals surface area contributed by atoms with Crippen LogP contribution in [-0.4, -0.2) is 88.3 Å². The Morgan fingerprint density at radius 3 is 2.83 bits per heavy atom. The van der Waals surface area contributed by atoms with Crippen molar-refractivity contribution in [3.05, 3.63) is 58.9 Å². The van der Waals surface area contributed by atoms with Gasteiger partial charge in [-0.05, 0) is 61.9 Å². The first-order chi connectivity index (χ1) is 19.8. The predicted molar refractivity (Wildman–Crippen MR) is 150 cm³/mol. The lowest BCUT2D eigenvalue weighted by Gasteiger charge is -2.43. The number of amides is 2. The van der Waals surface area contributed by atoms with E-state index < -0.39 is 29.9 Å². The number of nitrogens with zero attached hydrogens (tertiary/aromatic N) is 3. The Labute approximate surface area is 237 Å². The van der Waals surface area contributed by atoms with E-state index in [1.54, 1.807) is 17.0 Å². The molecule has 6 rings (SSSR count). The molecule has 4 aliphatic rings. The maximum atomic E-state index is 13.5. The van der Waals surface area contributed by atoms with E-state index in [2.05, 4.69) is 37.0 Å². The highest BCUT2D eigenvalue weighted by molar-refractivity contribution is 5.96. The minimum Gasteiger partial charge on any atom is -0.492 e. The van der Waals surface area contributed by atoms with E-state index >= 15 is 0 Å². The van der Waals surface area contributed by atoms with Crippen molar-refractivity contribution in [3.8, 4) is 5.75 Å². The first-order valence-electron chi connectivity index (χ1n) is 14.1. The van der Waals surface area contributed by atoms with Gasteiger partial charge in [-0.15, -0.1) is 0 Å². The number of hydrogen-bond donors (Lipinski definition) is 7. The summed E-state index contributed by atoms with van der Waals surface area (Å²) in [6.07, 6.45) is 4.39. The Morgan fingerprint density at radius 2 is 2.05 bits per heavy atom. The lowest BCUT2D eigenvalue weighted by molar-refractivity contribution is -0.513. The number of aryl methyl sites for hydroxylation is 1. The molecule has 2 unspecified atom stereocenters. The molecule has 3 aliphatic heterocycles. The number of carbonyl (C=O) groups excluding carboxylic acids is 2. The van der Waals surface area contributed by atoms with Gasteiger partial charge in [0.2, 0.25) is 5.66 Å². The number of aromatic nitrogens is 1. The normalized spacial score (nSPS) is 27.9. The maximum absolute atomic E-state index is 13.5. The van der Waals surface area contributed by atoms with Crippen molar-refractivity contribution in [1.82, 2.24) is 25.8 Å². The summed E-state index contributed by atoms with van der Waals surface area (Å²) in [5.74, 6) is 0.385. The molecular weight excluding hydrogens is 526 g/mol. The highest BCUT2D eigenvalue weighted by atomic mass is 16.5. The van der Waals surface area contributed by atoms with E-state index in [1.807, 2.05) is 19.1 Å². The summed E-state index contributed by atoms with van der Waals surface area (Å²) in [4.78, 5) is 40.0. The maximum Gasteiger partial charge on any atom is 0.343 e. The van der Waals surface area contributed by atoms with Crippen molar-refractivity contribution in [2.75, 3.05) is 19.7 Å². The molecule has 0 radical (unpaired) electrons. The van der Waals surface area contributed by atoms with Crippen LogP contribution >= 0.6 is 0 Å². The van der Waals surface area contributed by atoms with Crippen LogP contribution in [0, 0.1) is 0 Å². The van der Waals surface area contributed by atoms with E-state index in [9.17, 15) is 14.7 Å². The van der Waals surface area contributed by atoms with Crippen LogP contribution in [0.5, 0.6) is 5.75 Å². The molecule has 1 aromatic heterocycles. The quantitative estimate of drug-likeness (QED) is 0.188. The molecular formula is C28H36N9O4+. The van der Waals surface area contributed by atoms with Gasteiger partial charge in [0.15, 0.2) is 12.0 Å². The molecule has 1 aromatic carbocycles. The van der Waals surface area contributed by atoms with Crippen molar-refractivity contribution >= 4 is 23.7 Å². The molecule has 5 atom stereocenters. The van der Waals surface area contributed by atoms with Crippen molar-refractivity contribution < 1.29 is 24.4 Å². The Morgan fingerprint density at radius 1 is 1.22 bits per heavy atom. The van der Waals surface area contributed by atoms with E-state index in [0.29, 0.717) is 17.9 Å². The standard InChI is InChI=1S/C28H35N9O4/c1-2-41-16-10-11-19(31-12-16)25(40)32-13-20-22-28(36-26(29)35-22)23(38)21(14-37(28)27(30)34-20)33-24(39)18-9-5-7-15-6-3-4-8-17(15)18/h5,7,9-12,20-23,38H,2-4,6,8,13-14H2,1H3,(H2,30,34)(H,32,40)(H,33,39)(H3,29,35,36)/p+1/t20-,21?,22-,23+,28?/m0/s1. The van der Waals surface area contributed by atoms with Gasteiger partial charge in [0, 0.05) is 18.7 Å². The summed E-state index contributed by atoms with van der Waals surface area (Å²) < 4.78 is 5.39. The number of aliphatic imine (C=N–C) groups is 1. The zero-order valence-electron chi connectivity index (χ0n) is 22.9. The lowest BCUT2D eigenvalue weighted by atomic mass is 9.87. The van der Waals surface area contributed by atoms with E-state index in [4.69, 9.17) is 16.2 Å². The molecule has 1 spiro atoms. The molecule has 1 aliphatic carbocycles. The summed E-state index contributed by atoms with van der Waals surface area (Å²) in [7, 11) is 0. The first kappa shape index (κ1) is 26.8. The first-order valence-corrected chi connectivity index (χ1v) is 14.1. The predicted octanol–water partition coefficient (Wildman–Crippen LogP) is -2.68. The second kappa shape index (κ2) is 10.5. The van der Waals surface area contributed by atoms with Gasteiger partial charge < -0.3 is 31.1 Å². The second-order valence-corrected chi connectivity index (χ2v) is 10.8. The van der Waals surface area contributed by atoms with Crippen LogP contribution in [0.2, 0.25) is 0 Å². The molecule has 9 N–H and O–H groups in total. The second-order valence-electron chi connectivity index (χ2n) is 10.8. The van der Waals surface area contributed by atoms with E-state index in [1.165, 1.54) is 11.8 Å². The molecule has 1 fully saturated rings. The molecule has 13 nitrogen and oxygen atoms in total. The molecule has 41 heavy (non-hydrogen) atoms. The van der Waals surface area contributed by atoms with Crippen molar-refractivity contribution in [1.29, 1.82) is 0 Å². The van der Waals surface area contributed by atoms with Gasteiger partial charge in [0.25, 0.3) is 11.8 Å². The summed E-state index contributed by atoms with van der Waals surface area (Å²) >= 11 is 0. The zero-order chi connectivity index (χ0) is 28.7. The Balaban J connectivity index is 1.19. The van der Waals surface area contributed by atoms with Crippen LogP contribution in [0.1, 0.15) is 51.7 Å². The number of benzene rings is 1. The smallest absolute Gasteiger partial charge is 0.343 e. The van der Waals surface area contributed by atoms with E-state index in [0.717, 1.165) is 31.2 Å². The minimum atomic E-state index is -1.17. The number of guanidine groups is 2. The molecule has 1 saturated heterocycles. The Hall–Kier alpha value is -4.39. The monoisotopic (exact) mass is 562 g/mol.